The lowest BCUT2D eigenvalue weighted by atomic mass is 10.1. The Morgan fingerprint density at radius 1 is 1.14 bits per heavy atom. The zero-order valence-electron chi connectivity index (χ0n) is 15.8. The predicted octanol–water partition coefficient (Wildman–Crippen LogP) is 5.07. The molecule has 0 saturated heterocycles. The Hall–Kier alpha value is -3.10. The number of nitrogens with one attached hydrogen (secondary N) is 2. The van der Waals surface area contributed by atoms with Crippen LogP contribution in [0.5, 0.6) is 5.75 Å². The van der Waals surface area contributed by atoms with Crippen molar-refractivity contribution in [1.82, 2.24) is 19.9 Å². The van der Waals surface area contributed by atoms with Crippen molar-refractivity contribution in [2.75, 3.05) is 12.4 Å². The number of methoxy groups -OCH3 is 1. The first-order valence-electron chi connectivity index (χ1n) is 8.60. The molecule has 2 aromatic heterocycles. The number of benzene rings is 1. The summed E-state index contributed by atoms with van der Waals surface area (Å²) in [5.41, 5.74) is 1.45. The molecule has 148 valence electrons. The number of nitrogens with zero attached hydrogens (tertiary/aromatic N) is 3. The SMILES string of the molecule is COc1cc(Nc2nc(C(C)C)cc(C(F)(F)F)n2)ccc1-c1ncc(C)[nH]1. The smallest absolute Gasteiger partial charge is 0.433 e. The molecule has 0 aliphatic heterocycles. The average molecular weight is 391 g/mol. The van der Waals surface area contributed by atoms with Crippen LogP contribution in [0.2, 0.25) is 0 Å². The Balaban J connectivity index is 1.96. The molecule has 0 saturated carbocycles. The molecular formula is C19H20F3N5O. The summed E-state index contributed by atoms with van der Waals surface area (Å²) < 4.78 is 44.9. The second kappa shape index (κ2) is 7.49. The van der Waals surface area contributed by atoms with Gasteiger partial charge in [0.05, 0.1) is 12.7 Å². The maximum atomic E-state index is 13.2. The van der Waals surface area contributed by atoms with Gasteiger partial charge in [0, 0.05) is 29.3 Å². The molecule has 0 atom stereocenters. The molecule has 0 aliphatic rings. The molecule has 0 aliphatic carbocycles. The van der Waals surface area contributed by atoms with E-state index >= 15 is 0 Å². The van der Waals surface area contributed by atoms with Gasteiger partial charge in [0.1, 0.15) is 17.3 Å². The summed E-state index contributed by atoms with van der Waals surface area (Å²) in [6.07, 6.45) is -2.85. The second-order valence-corrected chi connectivity index (χ2v) is 6.61. The fourth-order valence-corrected chi connectivity index (χ4v) is 2.61. The first-order chi connectivity index (χ1) is 13.2. The maximum absolute atomic E-state index is 13.2. The summed E-state index contributed by atoms with van der Waals surface area (Å²) in [7, 11) is 1.51. The highest BCUT2D eigenvalue weighted by Gasteiger charge is 2.34. The van der Waals surface area contributed by atoms with Gasteiger partial charge in [-0.25, -0.2) is 15.0 Å². The van der Waals surface area contributed by atoms with Gasteiger partial charge in [-0.2, -0.15) is 13.2 Å². The van der Waals surface area contributed by atoms with E-state index in [0.717, 1.165) is 17.3 Å². The summed E-state index contributed by atoms with van der Waals surface area (Å²) in [5.74, 6) is 0.847. The van der Waals surface area contributed by atoms with E-state index in [1.807, 2.05) is 6.92 Å². The first-order valence-corrected chi connectivity index (χ1v) is 8.60. The Morgan fingerprint density at radius 3 is 2.46 bits per heavy atom. The molecule has 0 amide bonds. The third kappa shape index (κ3) is 4.24. The fraction of sp³-hybridized carbons (Fsp3) is 0.316. The van der Waals surface area contributed by atoms with Crippen molar-refractivity contribution >= 4 is 11.6 Å². The quantitative estimate of drug-likeness (QED) is 0.635. The van der Waals surface area contributed by atoms with Crippen molar-refractivity contribution < 1.29 is 17.9 Å². The van der Waals surface area contributed by atoms with Crippen LogP contribution in [0.4, 0.5) is 24.8 Å². The van der Waals surface area contributed by atoms with E-state index in [1.54, 1.807) is 38.2 Å². The zero-order valence-corrected chi connectivity index (χ0v) is 15.8. The maximum Gasteiger partial charge on any atom is 0.433 e. The van der Waals surface area contributed by atoms with E-state index in [-0.39, 0.29) is 11.9 Å². The summed E-state index contributed by atoms with van der Waals surface area (Å²) in [6.45, 7) is 5.43. The van der Waals surface area contributed by atoms with Gasteiger partial charge < -0.3 is 15.0 Å². The van der Waals surface area contributed by atoms with Crippen LogP contribution in [0.3, 0.4) is 0 Å². The number of halogens is 3. The molecular weight excluding hydrogens is 371 g/mol. The molecule has 0 radical (unpaired) electrons. The summed E-state index contributed by atoms with van der Waals surface area (Å²) >= 11 is 0. The van der Waals surface area contributed by atoms with E-state index in [2.05, 4.69) is 25.3 Å². The van der Waals surface area contributed by atoms with Crippen molar-refractivity contribution in [2.24, 2.45) is 0 Å². The number of aryl methyl sites for hydroxylation is 1. The third-order valence-electron chi connectivity index (χ3n) is 4.04. The molecule has 6 nitrogen and oxygen atoms in total. The van der Waals surface area contributed by atoms with Crippen LogP contribution < -0.4 is 10.1 Å². The van der Waals surface area contributed by atoms with Gasteiger partial charge in [0.25, 0.3) is 0 Å². The van der Waals surface area contributed by atoms with E-state index in [1.165, 1.54) is 7.11 Å². The number of aromatic amines is 1. The minimum Gasteiger partial charge on any atom is -0.496 e. The third-order valence-corrected chi connectivity index (χ3v) is 4.04. The largest absolute Gasteiger partial charge is 0.496 e. The lowest BCUT2D eigenvalue weighted by molar-refractivity contribution is -0.141. The number of imidazole rings is 1. The number of alkyl halides is 3. The Labute approximate surface area is 160 Å². The van der Waals surface area contributed by atoms with Gasteiger partial charge in [0.15, 0.2) is 0 Å². The van der Waals surface area contributed by atoms with Crippen molar-refractivity contribution in [2.45, 2.75) is 32.9 Å². The van der Waals surface area contributed by atoms with E-state index < -0.39 is 11.9 Å². The predicted molar refractivity (Wildman–Crippen MR) is 99.7 cm³/mol. The number of rotatable bonds is 5. The molecule has 1 aromatic carbocycles. The number of anilines is 2. The van der Waals surface area contributed by atoms with Gasteiger partial charge in [-0.3, -0.25) is 0 Å². The van der Waals surface area contributed by atoms with E-state index in [4.69, 9.17) is 4.74 Å². The molecule has 0 spiro atoms. The standard InChI is InChI=1S/C19H20F3N5O/c1-10(2)14-8-16(19(20,21)22)27-18(26-14)25-12-5-6-13(15(7-12)28-4)17-23-9-11(3)24-17/h5-10H,1-4H3,(H,23,24)(H,25,26,27). The highest BCUT2D eigenvalue weighted by Crippen LogP contribution is 2.33. The van der Waals surface area contributed by atoms with Gasteiger partial charge in [-0.1, -0.05) is 13.8 Å². The second-order valence-electron chi connectivity index (χ2n) is 6.61. The Morgan fingerprint density at radius 2 is 1.89 bits per heavy atom. The number of aromatic nitrogens is 4. The first kappa shape index (κ1) is 19.7. The number of ether oxygens (including phenoxy) is 1. The summed E-state index contributed by atoms with van der Waals surface area (Å²) in [6, 6.07) is 6.09. The highest BCUT2D eigenvalue weighted by molar-refractivity contribution is 5.70. The minimum atomic E-state index is -4.55. The summed E-state index contributed by atoms with van der Waals surface area (Å²) in [5, 5.41) is 2.84. The molecule has 0 unspecified atom stereocenters. The van der Waals surface area contributed by atoms with Crippen LogP contribution in [-0.4, -0.2) is 27.0 Å². The normalized spacial score (nSPS) is 11.7. The number of hydrogen-bond acceptors (Lipinski definition) is 5. The van der Waals surface area contributed by atoms with Crippen LogP contribution in [0.25, 0.3) is 11.4 Å². The molecule has 2 heterocycles. The average Bonchev–Trinajstić information content (AvgIpc) is 3.06. The van der Waals surface area contributed by atoms with Gasteiger partial charge in [-0.15, -0.1) is 0 Å². The van der Waals surface area contributed by atoms with E-state index in [9.17, 15) is 13.2 Å². The van der Waals surface area contributed by atoms with Gasteiger partial charge in [0.2, 0.25) is 5.95 Å². The number of hydrogen-bond donors (Lipinski definition) is 2. The molecule has 2 N–H and O–H groups in total. The van der Waals surface area contributed by atoms with Gasteiger partial charge >= 0.3 is 6.18 Å². The monoisotopic (exact) mass is 391 g/mol. The highest BCUT2D eigenvalue weighted by atomic mass is 19.4. The van der Waals surface area contributed by atoms with Crippen LogP contribution in [0.15, 0.2) is 30.5 Å². The van der Waals surface area contributed by atoms with Crippen molar-refractivity contribution in [3.63, 3.8) is 0 Å². The van der Waals surface area contributed by atoms with Crippen LogP contribution in [0, 0.1) is 6.92 Å². The minimum absolute atomic E-state index is 0.123. The van der Waals surface area contributed by atoms with Gasteiger partial charge in [-0.05, 0) is 31.0 Å². The van der Waals surface area contributed by atoms with Crippen LogP contribution >= 0.6 is 0 Å². The lowest BCUT2D eigenvalue weighted by Crippen LogP contribution is -2.12. The van der Waals surface area contributed by atoms with Crippen molar-refractivity contribution in [3.8, 4) is 17.1 Å². The molecule has 3 rings (SSSR count). The Bertz CT molecular complexity index is 982. The van der Waals surface area contributed by atoms with Crippen LogP contribution in [-0.2, 0) is 6.18 Å². The zero-order chi connectivity index (χ0) is 20.5. The van der Waals surface area contributed by atoms with Crippen molar-refractivity contribution in [3.05, 3.63) is 47.5 Å². The van der Waals surface area contributed by atoms with Crippen molar-refractivity contribution in [1.29, 1.82) is 0 Å². The number of H-pyrrole nitrogens is 1. The molecule has 0 bridgehead atoms. The topological polar surface area (TPSA) is 75.7 Å². The molecule has 28 heavy (non-hydrogen) atoms. The molecule has 9 heteroatoms. The van der Waals surface area contributed by atoms with Crippen LogP contribution in [0.1, 0.15) is 36.8 Å². The molecule has 3 aromatic rings. The summed E-state index contributed by atoms with van der Waals surface area (Å²) in [4.78, 5) is 15.2. The molecule has 0 fully saturated rings. The Kier molecular flexibility index (Phi) is 5.26. The fourth-order valence-electron chi connectivity index (χ4n) is 2.61. The lowest BCUT2D eigenvalue weighted by Gasteiger charge is -2.14. The van der Waals surface area contributed by atoms with E-state index in [0.29, 0.717) is 23.0 Å².